The minimum Gasteiger partial charge on any atom is -0.449 e. The van der Waals surface area contributed by atoms with Gasteiger partial charge in [0, 0.05) is 5.71 Å². The highest BCUT2D eigenvalue weighted by Gasteiger charge is 2.00. The van der Waals surface area contributed by atoms with Crippen LogP contribution in [0.5, 0.6) is 0 Å². The van der Waals surface area contributed by atoms with Gasteiger partial charge in [-0.2, -0.15) is 5.10 Å². The van der Waals surface area contributed by atoms with Crippen molar-refractivity contribution in [2.24, 2.45) is 5.10 Å². The Balaban J connectivity index is 3.93. The first kappa shape index (κ1) is 12.9. The zero-order chi connectivity index (χ0) is 10.8. The van der Waals surface area contributed by atoms with Gasteiger partial charge in [0.25, 0.3) is 0 Å². The molecule has 0 aliphatic heterocycles. The lowest BCUT2D eigenvalue weighted by molar-refractivity contribution is 0.152. The number of carbonyl (C=O) groups excluding carboxylic acids is 1. The van der Waals surface area contributed by atoms with Gasteiger partial charge in [-0.3, -0.25) is 0 Å². The number of hydrazone groups is 1. The number of ether oxygens (including phenoxy) is 1. The average Bonchev–Trinajstić information content (AvgIpc) is 2.15. The van der Waals surface area contributed by atoms with Crippen molar-refractivity contribution in [1.82, 2.24) is 5.43 Å². The van der Waals surface area contributed by atoms with Crippen LogP contribution < -0.4 is 5.43 Å². The lowest BCUT2D eigenvalue weighted by Gasteiger charge is -2.04. The van der Waals surface area contributed by atoms with Crippen molar-refractivity contribution in [1.29, 1.82) is 0 Å². The zero-order valence-corrected chi connectivity index (χ0v) is 9.30. The number of carbonyl (C=O) groups is 1. The molecule has 82 valence electrons. The van der Waals surface area contributed by atoms with Crippen LogP contribution in [0.4, 0.5) is 4.79 Å². The highest BCUT2D eigenvalue weighted by Crippen LogP contribution is 1.99. The van der Waals surface area contributed by atoms with Gasteiger partial charge < -0.3 is 4.74 Å². The van der Waals surface area contributed by atoms with Crippen LogP contribution in [0.3, 0.4) is 0 Å². The SMILES string of the molecule is CCCC(CCC)=NNC(=O)OCC. The van der Waals surface area contributed by atoms with Gasteiger partial charge in [0.05, 0.1) is 6.61 Å². The van der Waals surface area contributed by atoms with Crippen LogP contribution in [0.1, 0.15) is 46.5 Å². The maximum Gasteiger partial charge on any atom is 0.427 e. The molecule has 0 aromatic heterocycles. The van der Waals surface area contributed by atoms with Gasteiger partial charge in [0.2, 0.25) is 0 Å². The highest BCUT2D eigenvalue weighted by molar-refractivity contribution is 5.85. The number of nitrogens with one attached hydrogen (secondary N) is 1. The molecule has 0 aromatic carbocycles. The third-order valence-electron chi connectivity index (χ3n) is 1.66. The van der Waals surface area contributed by atoms with Crippen molar-refractivity contribution in [2.75, 3.05) is 6.61 Å². The molecular weight excluding hydrogens is 180 g/mol. The molecule has 0 radical (unpaired) electrons. The molecule has 0 saturated heterocycles. The van der Waals surface area contributed by atoms with Crippen molar-refractivity contribution in [3.8, 4) is 0 Å². The summed E-state index contributed by atoms with van der Waals surface area (Å²) in [4.78, 5) is 10.9. The number of rotatable bonds is 6. The molecule has 0 aliphatic rings. The van der Waals surface area contributed by atoms with E-state index in [9.17, 15) is 4.79 Å². The normalized spacial score (nSPS) is 9.36. The molecule has 0 fully saturated rings. The second kappa shape index (κ2) is 8.53. The van der Waals surface area contributed by atoms with E-state index in [0.29, 0.717) is 6.61 Å². The van der Waals surface area contributed by atoms with E-state index in [4.69, 9.17) is 4.74 Å². The van der Waals surface area contributed by atoms with Crippen molar-refractivity contribution < 1.29 is 9.53 Å². The first-order valence-corrected chi connectivity index (χ1v) is 5.22. The first-order valence-electron chi connectivity index (χ1n) is 5.22. The van der Waals surface area contributed by atoms with Gasteiger partial charge in [-0.25, -0.2) is 10.2 Å². The topological polar surface area (TPSA) is 50.7 Å². The molecule has 14 heavy (non-hydrogen) atoms. The first-order chi connectivity index (χ1) is 6.74. The van der Waals surface area contributed by atoms with Crippen LogP contribution in [0.25, 0.3) is 0 Å². The van der Waals surface area contributed by atoms with Gasteiger partial charge in [-0.05, 0) is 19.8 Å². The Morgan fingerprint density at radius 1 is 1.21 bits per heavy atom. The Morgan fingerprint density at radius 3 is 2.21 bits per heavy atom. The lowest BCUT2D eigenvalue weighted by atomic mass is 10.1. The number of nitrogens with zero attached hydrogens (tertiary/aromatic N) is 1. The molecule has 0 aliphatic carbocycles. The summed E-state index contributed by atoms with van der Waals surface area (Å²) in [7, 11) is 0. The van der Waals surface area contributed by atoms with E-state index in [1.807, 2.05) is 0 Å². The maximum atomic E-state index is 10.9. The number of amides is 1. The van der Waals surface area contributed by atoms with Crippen molar-refractivity contribution in [2.45, 2.75) is 46.5 Å². The largest absolute Gasteiger partial charge is 0.449 e. The summed E-state index contributed by atoms with van der Waals surface area (Å²) in [6.45, 7) is 6.33. The standard InChI is InChI=1S/C10H20N2O2/c1-4-7-9(8-5-2)11-12-10(13)14-6-3/h4-8H2,1-3H3,(H,12,13). The maximum absolute atomic E-state index is 10.9. The smallest absolute Gasteiger partial charge is 0.427 e. The minimum atomic E-state index is -0.475. The van der Waals surface area contributed by atoms with Crippen LogP contribution in [-0.4, -0.2) is 18.4 Å². The van der Waals surface area contributed by atoms with Gasteiger partial charge in [0.1, 0.15) is 0 Å². The fourth-order valence-corrected chi connectivity index (χ4v) is 1.10. The average molecular weight is 200 g/mol. The summed E-state index contributed by atoms with van der Waals surface area (Å²) in [5, 5.41) is 4.01. The Labute approximate surface area is 85.7 Å². The van der Waals surface area contributed by atoms with E-state index < -0.39 is 6.09 Å². The predicted octanol–water partition coefficient (Wildman–Crippen LogP) is 2.69. The Bertz CT molecular complexity index is 183. The summed E-state index contributed by atoms with van der Waals surface area (Å²) < 4.78 is 4.69. The second-order valence-electron chi connectivity index (χ2n) is 3.01. The second-order valence-corrected chi connectivity index (χ2v) is 3.01. The van der Waals surface area contributed by atoms with Crippen molar-refractivity contribution in [3.63, 3.8) is 0 Å². The molecule has 0 unspecified atom stereocenters. The van der Waals surface area contributed by atoms with Crippen LogP contribution >= 0.6 is 0 Å². The van der Waals surface area contributed by atoms with Crippen LogP contribution in [0.15, 0.2) is 5.10 Å². The molecule has 0 heterocycles. The number of hydrogen-bond donors (Lipinski definition) is 1. The molecule has 1 amide bonds. The molecule has 4 heteroatoms. The van der Waals surface area contributed by atoms with E-state index in [-0.39, 0.29) is 0 Å². The van der Waals surface area contributed by atoms with Gasteiger partial charge >= 0.3 is 6.09 Å². The van der Waals surface area contributed by atoms with E-state index in [1.165, 1.54) is 0 Å². The molecule has 0 aromatic rings. The number of hydrogen-bond acceptors (Lipinski definition) is 3. The highest BCUT2D eigenvalue weighted by atomic mass is 16.5. The summed E-state index contributed by atoms with van der Waals surface area (Å²) in [5.74, 6) is 0. The lowest BCUT2D eigenvalue weighted by Crippen LogP contribution is -2.20. The molecule has 4 nitrogen and oxygen atoms in total. The van der Waals surface area contributed by atoms with E-state index in [1.54, 1.807) is 6.92 Å². The quantitative estimate of drug-likeness (QED) is 0.529. The van der Waals surface area contributed by atoms with Crippen LogP contribution in [-0.2, 0) is 4.74 Å². The molecule has 0 bridgehead atoms. The Hall–Kier alpha value is -1.06. The molecule has 0 atom stereocenters. The van der Waals surface area contributed by atoms with E-state index in [0.717, 1.165) is 31.4 Å². The third kappa shape index (κ3) is 6.46. The van der Waals surface area contributed by atoms with Crippen LogP contribution in [0.2, 0.25) is 0 Å². The molecular formula is C10H20N2O2. The molecule has 0 saturated carbocycles. The summed E-state index contributed by atoms with van der Waals surface area (Å²) >= 11 is 0. The molecule has 1 N–H and O–H groups in total. The summed E-state index contributed by atoms with van der Waals surface area (Å²) in [6.07, 6.45) is 3.48. The van der Waals surface area contributed by atoms with E-state index >= 15 is 0 Å². The molecule has 0 spiro atoms. The summed E-state index contributed by atoms with van der Waals surface area (Å²) in [6, 6.07) is 0. The Kier molecular flexibility index (Phi) is 7.89. The Morgan fingerprint density at radius 2 is 1.79 bits per heavy atom. The van der Waals surface area contributed by atoms with Gasteiger partial charge in [0.15, 0.2) is 0 Å². The predicted molar refractivity (Wildman–Crippen MR) is 57.4 cm³/mol. The molecule has 0 rings (SSSR count). The monoisotopic (exact) mass is 200 g/mol. The third-order valence-corrected chi connectivity index (χ3v) is 1.66. The fraction of sp³-hybridized carbons (Fsp3) is 0.800. The fourth-order valence-electron chi connectivity index (χ4n) is 1.10. The van der Waals surface area contributed by atoms with Crippen LogP contribution in [0, 0.1) is 0 Å². The van der Waals surface area contributed by atoms with Gasteiger partial charge in [-0.15, -0.1) is 0 Å². The van der Waals surface area contributed by atoms with E-state index in [2.05, 4.69) is 24.4 Å². The van der Waals surface area contributed by atoms with Crippen molar-refractivity contribution >= 4 is 11.8 Å². The summed E-state index contributed by atoms with van der Waals surface area (Å²) in [5.41, 5.74) is 3.41. The minimum absolute atomic E-state index is 0.373. The van der Waals surface area contributed by atoms with Gasteiger partial charge in [-0.1, -0.05) is 26.7 Å². The zero-order valence-electron chi connectivity index (χ0n) is 9.30. The van der Waals surface area contributed by atoms with Crippen molar-refractivity contribution in [3.05, 3.63) is 0 Å².